The van der Waals surface area contributed by atoms with Gasteiger partial charge in [0.2, 0.25) is 5.91 Å². The molecule has 1 saturated heterocycles. The van der Waals surface area contributed by atoms with Crippen LogP contribution in [0.3, 0.4) is 0 Å². The summed E-state index contributed by atoms with van der Waals surface area (Å²) in [6, 6.07) is 9.84. The van der Waals surface area contributed by atoms with Gasteiger partial charge in [0.05, 0.1) is 12.5 Å². The molecule has 1 atom stereocenters. The van der Waals surface area contributed by atoms with Gasteiger partial charge in [-0.2, -0.15) is 11.3 Å². The first-order valence-corrected chi connectivity index (χ1v) is 10.2. The monoisotopic (exact) mass is 397 g/mol. The van der Waals surface area contributed by atoms with Crippen molar-refractivity contribution in [3.8, 4) is 0 Å². The van der Waals surface area contributed by atoms with E-state index in [9.17, 15) is 4.79 Å². The highest BCUT2D eigenvalue weighted by Crippen LogP contribution is 2.24. The van der Waals surface area contributed by atoms with Gasteiger partial charge in [-0.15, -0.1) is 5.10 Å². The third-order valence-electron chi connectivity index (χ3n) is 5.01. The van der Waals surface area contributed by atoms with Gasteiger partial charge in [-0.3, -0.25) is 4.79 Å². The Balaban J connectivity index is 1.39. The number of likely N-dealkylation sites (N-methyl/N-ethyl adjacent to an activating group) is 1. The first-order chi connectivity index (χ1) is 13.7. The summed E-state index contributed by atoms with van der Waals surface area (Å²) in [6.07, 6.45) is 1.81. The van der Waals surface area contributed by atoms with E-state index >= 15 is 0 Å². The molecule has 3 aromatic rings. The average Bonchev–Trinajstić information content (AvgIpc) is 3.42. The molecule has 1 unspecified atom stereocenters. The van der Waals surface area contributed by atoms with Crippen molar-refractivity contribution in [1.29, 1.82) is 0 Å². The molecule has 1 aliphatic heterocycles. The fourth-order valence-corrected chi connectivity index (χ4v) is 4.05. The van der Waals surface area contributed by atoms with Gasteiger partial charge < -0.3 is 15.1 Å². The van der Waals surface area contributed by atoms with Crippen LogP contribution in [0.5, 0.6) is 0 Å². The van der Waals surface area contributed by atoms with Crippen molar-refractivity contribution in [3.05, 3.63) is 53.0 Å². The number of hydrogen-bond acceptors (Lipinski definition) is 7. The van der Waals surface area contributed by atoms with Crippen molar-refractivity contribution in [2.24, 2.45) is 0 Å². The van der Waals surface area contributed by atoms with Crippen molar-refractivity contribution in [1.82, 2.24) is 25.1 Å². The molecule has 1 aliphatic rings. The molecule has 1 amide bonds. The predicted octanol–water partition coefficient (Wildman–Crippen LogP) is 2.10. The van der Waals surface area contributed by atoms with E-state index in [-0.39, 0.29) is 18.4 Å². The highest BCUT2D eigenvalue weighted by atomic mass is 32.1. The minimum Gasteiger partial charge on any atom is -0.369 e. The Labute approximate surface area is 167 Å². The van der Waals surface area contributed by atoms with Crippen molar-refractivity contribution < 1.29 is 4.79 Å². The number of anilines is 2. The number of amides is 1. The lowest BCUT2D eigenvalue weighted by Crippen LogP contribution is -2.44. The molecule has 0 radical (unpaired) electrons. The van der Waals surface area contributed by atoms with Crippen LogP contribution >= 0.6 is 11.3 Å². The molecular weight excluding hydrogens is 374 g/mol. The zero-order valence-corrected chi connectivity index (χ0v) is 16.5. The van der Waals surface area contributed by atoms with E-state index in [4.69, 9.17) is 0 Å². The van der Waals surface area contributed by atoms with E-state index in [1.54, 1.807) is 22.3 Å². The topological polar surface area (TPSA) is 79.2 Å². The standard InChI is InChI=1S/C19H23N7OS/c1-24-7-9-25(10-8-24)17-4-2-16(3-5-17)21-19(27)12-18(15-6-11-28-13-15)26-14-20-22-23-26/h2-6,11,13-14,18H,7-10,12H2,1H3,(H,21,27). The fraction of sp³-hybridized carbons (Fsp3) is 0.368. The Morgan fingerprint density at radius 3 is 2.61 bits per heavy atom. The molecule has 0 spiro atoms. The minimum absolute atomic E-state index is 0.0703. The Bertz CT molecular complexity index is 837. The van der Waals surface area contributed by atoms with Crippen LogP contribution in [0.25, 0.3) is 0 Å². The Kier molecular flexibility index (Phi) is 5.63. The molecular formula is C19H23N7OS. The molecule has 1 fully saturated rings. The third kappa shape index (κ3) is 4.37. The van der Waals surface area contributed by atoms with Gasteiger partial charge in [0.25, 0.3) is 0 Å². The molecule has 0 aliphatic carbocycles. The summed E-state index contributed by atoms with van der Waals surface area (Å²) in [6.45, 7) is 4.19. The van der Waals surface area contributed by atoms with Gasteiger partial charge in [-0.25, -0.2) is 4.68 Å². The van der Waals surface area contributed by atoms with Crippen LogP contribution in [0.2, 0.25) is 0 Å². The summed E-state index contributed by atoms with van der Waals surface area (Å²) in [5, 5.41) is 18.4. The molecule has 146 valence electrons. The number of nitrogens with zero attached hydrogens (tertiary/aromatic N) is 6. The maximum atomic E-state index is 12.6. The minimum atomic E-state index is -0.217. The first-order valence-electron chi connectivity index (χ1n) is 9.27. The molecule has 1 N–H and O–H groups in total. The van der Waals surface area contributed by atoms with Crippen LogP contribution in [-0.4, -0.2) is 64.2 Å². The van der Waals surface area contributed by atoms with Crippen LogP contribution in [0, 0.1) is 0 Å². The molecule has 28 heavy (non-hydrogen) atoms. The number of piperazine rings is 1. The first kappa shape index (κ1) is 18.6. The second kappa shape index (κ2) is 8.49. The summed E-state index contributed by atoms with van der Waals surface area (Å²) in [7, 11) is 2.15. The molecule has 3 heterocycles. The van der Waals surface area contributed by atoms with Gasteiger partial charge in [0.15, 0.2) is 0 Å². The smallest absolute Gasteiger partial charge is 0.226 e. The highest BCUT2D eigenvalue weighted by molar-refractivity contribution is 7.08. The predicted molar refractivity (Wildman–Crippen MR) is 110 cm³/mol. The SMILES string of the molecule is CN1CCN(c2ccc(NC(=O)CC(c3ccsc3)n3cnnn3)cc2)CC1. The van der Waals surface area contributed by atoms with E-state index in [1.807, 2.05) is 29.0 Å². The van der Waals surface area contributed by atoms with Gasteiger partial charge >= 0.3 is 0 Å². The lowest BCUT2D eigenvalue weighted by molar-refractivity contribution is -0.116. The van der Waals surface area contributed by atoms with E-state index in [0.717, 1.165) is 37.4 Å². The zero-order chi connectivity index (χ0) is 19.3. The number of thiophene rings is 1. The van der Waals surface area contributed by atoms with Crippen LogP contribution < -0.4 is 10.2 Å². The quantitative estimate of drug-likeness (QED) is 0.686. The number of carbonyl (C=O) groups excluding carboxylic acids is 1. The van der Waals surface area contributed by atoms with Crippen molar-refractivity contribution in [3.63, 3.8) is 0 Å². The van der Waals surface area contributed by atoms with Gasteiger partial charge in [-0.05, 0) is 64.1 Å². The van der Waals surface area contributed by atoms with Crippen molar-refractivity contribution in [2.75, 3.05) is 43.4 Å². The summed E-state index contributed by atoms with van der Waals surface area (Å²) in [4.78, 5) is 17.3. The molecule has 8 nitrogen and oxygen atoms in total. The summed E-state index contributed by atoms with van der Waals surface area (Å²) >= 11 is 1.59. The number of nitrogens with one attached hydrogen (secondary N) is 1. The Hall–Kier alpha value is -2.78. The molecule has 1 aromatic carbocycles. The second-order valence-corrected chi connectivity index (χ2v) is 7.73. The molecule has 9 heteroatoms. The summed E-state index contributed by atoms with van der Waals surface area (Å²) in [5.41, 5.74) is 3.01. The molecule has 4 rings (SSSR count). The molecule has 2 aromatic heterocycles. The normalized spacial score (nSPS) is 16.1. The molecule has 0 bridgehead atoms. The van der Waals surface area contributed by atoms with Gasteiger partial charge in [0, 0.05) is 37.6 Å². The lowest BCUT2D eigenvalue weighted by atomic mass is 10.1. The van der Waals surface area contributed by atoms with Crippen molar-refractivity contribution in [2.45, 2.75) is 12.5 Å². The fourth-order valence-electron chi connectivity index (χ4n) is 3.35. The van der Waals surface area contributed by atoms with E-state index in [2.05, 4.69) is 49.8 Å². The maximum absolute atomic E-state index is 12.6. The van der Waals surface area contributed by atoms with Crippen LogP contribution in [0.4, 0.5) is 11.4 Å². The zero-order valence-electron chi connectivity index (χ0n) is 15.7. The van der Waals surface area contributed by atoms with Crippen LogP contribution in [0.15, 0.2) is 47.4 Å². The maximum Gasteiger partial charge on any atom is 0.226 e. The number of aromatic nitrogens is 4. The van der Waals surface area contributed by atoms with E-state index in [1.165, 1.54) is 5.69 Å². The second-order valence-electron chi connectivity index (χ2n) is 6.95. The summed E-state index contributed by atoms with van der Waals surface area (Å²) in [5.74, 6) is -0.0703. The number of carbonyl (C=O) groups is 1. The largest absolute Gasteiger partial charge is 0.369 e. The summed E-state index contributed by atoms with van der Waals surface area (Å²) < 4.78 is 1.62. The van der Waals surface area contributed by atoms with E-state index in [0.29, 0.717) is 0 Å². The van der Waals surface area contributed by atoms with Crippen molar-refractivity contribution >= 4 is 28.6 Å². The average molecular weight is 398 g/mol. The lowest BCUT2D eigenvalue weighted by Gasteiger charge is -2.34. The Morgan fingerprint density at radius 1 is 1.18 bits per heavy atom. The Morgan fingerprint density at radius 2 is 1.96 bits per heavy atom. The van der Waals surface area contributed by atoms with Gasteiger partial charge in [-0.1, -0.05) is 0 Å². The number of benzene rings is 1. The number of hydrogen-bond donors (Lipinski definition) is 1. The highest BCUT2D eigenvalue weighted by Gasteiger charge is 2.20. The third-order valence-corrected chi connectivity index (χ3v) is 5.71. The van der Waals surface area contributed by atoms with Gasteiger partial charge in [0.1, 0.15) is 6.33 Å². The van der Waals surface area contributed by atoms with Crippen LogP contribution in [-0.2, 0) is 4.79 Å². The number of rotatable bonds is 6. The number of tetrazole rings is 1. The van der Waals surface area contributed by atoms with Crippen LogP contribution in [0.1, 0.15) is 18.0 Å². The van der Waals surface area contributed by atoms with E-state index < -0.39 is 0 Å². The molecule has 0 saturated carbocycles.